The van der Waals surface area contributed by atoms with Crippen LogP contribution in [0.5, 0.6) is 0 Å². The van der Waals surface area contributed by atoms with Crippen LogP contribution in [0.15, 0.2) is 59.5 Å². The molecule has 2 aromatic rings. The molecule has 3 rings (SSSR count). The van der Waals surface area contributed by atoms with E-state index in [1.165, 1.54) is 19.1 Å². The van der Waals surface area contributed by atoms with Gasteiger partial charge in [-0.25, -0.2) is 8.42 Å². The molecular weight excluding hydrogens is 378 g/mol. The second kappa shape index (κ2) is 8.53. The van der Waals surface area contributed by atoms with Crippen molar-refractivity contribution in [1.29, 1.82) is 0 Å². The van der Waals surface area contributed by atoms with Gasteiger partial charge in [-0.15, -0.1) is 0 Å². The average Bonchev–Trinajstić information content (AvgIpc) is 3.07. The van der Waals surface area contributed by atoms with E-state index in [2.05, 4.69) is 10.0 Å². The molecule has 1 fully saturated rings. The molecule has 1 heterocycles. The second-order valence-electron chi connectivity index (χ2n) is 6.76. The van der Waals surface area contributed by atoms with Crippen LogP contribution in [0.2, 0.25) is 0 Å². The van der Waals surface area contributed by atoms with Gasteiger partial charge in [0.2, 0.25) is 21.8 Å². The Kier molecular flexibility index (Phi) is 6.11. The fourth-order valence-corrected chi connectivity index (χ4v) is 4.27. The van der Waals surface area contributed by atoms with Crippen LogP contribution in [0.3, 0.4) is 0 Å². The van der Waals surface area contributed by atoms with Crippen LogP contribution in [-0.2, 0) is 26.2 Å². The first-order valence-corrected chi connectivity index (χ1v) is 10.6. The highest BCUT2D eigenvalue weighted by atomic mass is 32.2. The molecule has 7 nitrogen and oxygen atoms in total. The number of nitrogens with zero attached hydrogens (tertiary/aromatic N) is 1. The van der Waals surface area contributed by atoms with Crippen molar-refractivity contribution >= 4 is 27.5 Å². The standard InChI is InChI=1S/C20H23N3O4S/c1-15(22-28(26,27)18-9-3-2-4-10-18)20(25)21-17-8-5-7-16(13-17)14-23-12-6-11-19(23)24/h2-5,7-10,13,15,22H,6,11-12,14H2,1H3,(H,21,25)/t15-/m0/s1. The summed E-state index contributed by atoms with van der Waals surface area (Å²) in [6.45, 7) is 2.73. The van der Waals surface area contributed by atoms with Crippen molar-refractivity contribution in [3.8, 4) is 0 Å². The minimum Gasteiger partial charge on any atom is -0.338 e. The molecule has 0 aromatic heterocycles. The summed E-state index contributed by atoms with van der Waals surface area (Å²) in [6.07, 6.45) is 1.45. The molecule has 1 atom stereocenters. The molecule has 1 aliphatic rings. The molecule has 0 spiro atoms. The number of sulfonamides is 1. The van der Waals surface area contributed by atoms with Gasteiger partial charge < -0.3 is 10.2 Å². The van der Waals surface area contributed by atoms with E-state index in [-0.39, 0.29) is 10.8 Å². The highest BCUT2D eigenvalue weighted by Crippen LogP contribution is 2.17. The van der Waals surface area contributed by atoms with Crippen molar-refractivity contribution in [2.75, 3.05) is 11.9 Å². The van der Waals surface area contributed by atoms with Gasteiger partial charge in [-0.2, -0.15) is 4.72 Å². The number of likely N-dealkylation sites (tertiary alicyclic amines) is 1. The summed E-state index contributed by atoms with van der Waals surface area (Å²) >= 11 is 0. The summed E-state index contributed by atoms with van der Waals surface area (Å²) in [5.74, 6) is -0.327. The summed E-state index contributed by atoms with van der Waals surface area (Å²) in [5, 5.41) is 2.72. The minimum absolute atomic E-state index is 0.104. The van der Waals surface area contributed by atoms with E-state index >= 15 is 0 Å². The molecule has 2 aromatic carbocycles. The first kappa shape index (κ1) is 20.0. The first-order valence-electron chi connectivity index (χ1n) is 9.10. The molecule has 1 saturated heterocycles. The van der Waals surface area contributed by atoms with Crippen LogP contribution in [0.4, 0.5) is 5.69 Å². The minimum atomic E-state index is -3.78. The monoisotopic (exact) mass is 401 g/mol. The van der Waals surface area contributed by atoms with Crippen molar-refractivity contribution in [2.24, 2.45) is 0 Å². The molecular formula is C20H23N3O4S. The summed E-state index contributed by atoms with van der Waals surface area (Å²) in [7, 11) is -3.78. The third-order valence-electron chi connectivity index (χ3n) is 4.52. The molecule has 0 saturated carbocycles. The Morgan fingerprint density at radius 2 is 1.89 bits per heavy atom. The van der Waals surface area contributed by atoms with Gasteiger partial charge in [0.1, 0.15) is 0 Å². The van der Waals surface area contributed by atoms with E-state index in [9.17, 15) is 18.0 Å². The summed E-state index contributed by atoms with van der Waals surface area (Å²) in [6, 6.07) is 14.2. The van der Waals surface area contributed by atoms with Gasteiger partial charge in [-0.3, -0.25) is 9.59 Å². The van der Waals surface area contributed by atoms with E-state index < -0.39 is 22.0 Å². The number of nitrogens with one attached hydrogen (secondary N) is 2. The molecule has 0 bridgehead atoms. The lowest BCUT2D eigenvalue weighted by molar-refractivity contribution is -0.128. The number of rotatable bonds is 7. The summed E-state index contributed by atoms with van der Waals surface area (Å²) in [5.41, 5.74) is 1.46. The fraction of sp³-hybridized carbons (Fsp3) is 0.300. The Morgan fingerprint density at radius 3 is 2.57 bits per heavy atom. The lowest BCUT2D eigenvalue weighted by atomic mass is 10.2. The predicted octanol–water partition coefficient (Wildman–Crippen LogP) is 2.11. The predicted molar refractivity (Wildman–Crippen MR) is 106 cm³/mol. The maximum atomic E-state index is 12.4. The lowest BCUT2D eigenvalue weighted by Crippen LogP contribution is -2.41. The quantitative estimate of drug-likeness (QED) is 0.743. The third kappa shape index (κ3) is 4.96. The van der Waals surface area contributed by atoms with E-state index in [0.29, 0.717) is 18.7 Å². The number of benzene rings is 2. The number of hydrogen-bond donors (Lipinski definition) is 2. The Morgan fingerprint density at radius 1 is 1.14 bits per heavy atom. The first-order chi connectivity index (χ1) is 13.3. The van der Waals surface area contributed by atoms with Gasteiger partial charge in [-0.1, -0.05) is 30.3 Å². The van der Waals surface area contributed by atoms with Gasteiger partial charge in [0, 0.05) is 25.2 Å². The van der Waals surface area contributed by atoms with E-state index in [1.54, 1.807) is 41.3 Å². The summed E-state index contributed by atoms with van der Waals surface area (Å²) < 4.78 is 27.1. The van der Waals surface area contributed by atoms with Gasteiger partial charge in [0.05, 0.1) is 10.9 Å². The SMILES string of the molecule is C[C@H](NS(=O)(=O)c1ccccc1)C(=O)Nc1cccc(CN2CCCC2=O)c1. The van der Waals surface area contributed by atoms with Crippen LogP contribution < -0.4 is 10.0 Å². The Labute approximate surface area is 164 Å². The molecule has 8 heteroatoms. The van der Waals surface area contributed by atoms with Crippen molar-refractivity contribution in [3.05, 3.63) is 60.2 Å². The van der Waals surface area contributed by atoms with E-state index in [1.807, 2.05) is 6.07 Å². The maximum Gasteiger partial charge on any atom is 0.242 e. The van der Waals surface area contributed by atoms with Crippen molar-refractivity contribution in [1.82, 2.24) is 9.62 Å². The Balaban J connectivity index is 1.62. The summed E-state index contributed by atoms with van der Waals surface area (Å²) in [4.78, 5) is 26.1. The smallest absolute Gasteiger partial charge is 0.242 e. The molecule has 28 heavy (non-hydrogen) atoms. The van der Waals surface area contributed by atoms with Crippen LogP contribution >= 0.6 is 0 Å². The topological polar surface area (TPSA) is 95.6 Å². The Bertz CT molecular complexity index is 960. The van der Waals surface area contributed by atoms with Crippen molar-refractivity contribution in [3.63, 3.8) is 0 Å². The molecule has 0 radical (unpaired) electrons. The molecule has 0 unspecified atom stereocenters. The van der Waals surface area contributed by atoms with Crippen LogP contribution in [0.25, 0.3) is 0 Å². The number of amides is 2. The maximum absolute atomic E-state index is 12.4. The van der Waals surface area contributed by atoms with Gasteiger partial charge in [0.25, 0.3) is 0 Å². The fourth-order valence-electron chi connectivity index (χ4n) is 3.04. The number of anilines is 1. The molecule has 0 aliphatic carbocycles. The van der Waals surface area contributed by atoms with Gasteiger partial charge in [-0.05, 0) is 43.2 Å². The van der Waals surface area contributed by atoms with Crippen LogP contribution in [-0.4, -0.2) is 37.7 Å². The highest BCUT2D eigenvalue weighted by molar-refractivity contribution is 7.89. The number of hydrogen-bond acceptors (Lipinski definition) is 4. The van der Waals surface area contributed by atoms with Gasteiger partial charge in [0.15, 0.2) is 0 Å². The van der Waals surface area contributed by atoms with E-state index in [0.717, 1.165) is 18.5 Å². The van der Waals surface area contributed by atoms with Crippen molar-refractivity contribution < 1.29 is 18.0 Å². The van der Waals surface area contributed by atoms with Gasteiger partial charge >= 0.3 is 0 Å². The van der Waals surface area contributed by atoms with Crippen LogP contribution in [0.1, 0.15) is 25.3 Å². The van der Waals surface area contributed by atoms with E-state index in [4.69, 9.17) is 0 Å². The molecule has 148 valence electrons. The third-order valence-corrected chi connectivity index (χ3v) is 6.07. The average molecular weight is 401 g/mol. The molecule has 2 N–H and O–H groups in total. The largest absolute Gasteiger partial charge is 0.338 e. The molecule has 1 aliphatic heterocycles. The van der Waals surface area contributed by atoms with Crippen molar-refractivity contribution in [2.45, 2.75) is 37.2 Å². The Hall–Kier alpha value is -2.71. The normalized spacial score (nSPS) is 15.5. The zero-order valence-corrected chi connectivity index (χ0v) is 16.4. The lowest BCUT2D eigenvalue weighted by Gasteiger charge is -2.17. The molecule has 2 amide bonds. The second-order valence-corrected chi connectivity index (χ2v) is 8.48. The van der Waals surface area contributed by atoms with Crippen LogP contribution in [0, 0.1) is 0 Å². The highest BCUT2D eigenvalue weighted by Gasteiger charge is 2.22. The zero-order chi connectivity index (χ0) is 20.1. The number of carbonyl (C=O) groups is 2. The zero-order valence-electron chi connectivity index (χ0n) is 15.6. The number of carbonyl (C=O) groups excluding carboxylic acids is 2.